The van der Waals surface area contributed by atoms with Crippen molar-refractivity contribution in [2.24, 2.45) is 0 Å². The molecule has 4 amide bonds. The van der Waals surface area contributed by atoms with Crippen molar-refractivity contribution in [1.82, 2.24) is 16.0 Å². The standard InChI is InChI=1S/C11H17N3O5/c15-8(2-1-3-10(17)18)14-11(19)12-6-9(16)13-7-4-5-7/h7H,1-6H2,(H,13,16)(H,17,18)(H2,12,14,15,19). The Morgan fingerprint density at radius 2 is 1.74 bits per heavy atom. The van der Waals surface area contributed by atoms with Crippen molar-refractivity contribution in [3.63, 3.8) is 0 Å². The summed E-state index contributed by atoms with van der Waals surface area (Å²) in [4.78, 5) is 43.9. The summed E-state index contributed by atoms with van der Waals surface area (Å²) in [6.07, 6.45) is 1.91. The number of amides is 4. The molecule has 0 atom stereocenters. The van der Waals surface area contributed by atoms with Gasteiger partial charge in [-0.25, -0.2) is 4.79 Å². The molecule has 0 aromatic rings. The van der Waals surface area contributed by atoms with E-state index in [1.165, 1.54) is 0 Å². The van der Waals surface area contributed by atoms with Crippen LogP contribution in [-0.2, 0) is 14.4 Å². The topological polar surface area (TPSA) is 125 Å². The second-order valence-corrected chi connectivity index (χ2v) is 4.32. The molecule has 0 bridgehead atoms. The summed E-state index contributed by atoms with van der Waals surface area (Å²) in [5.74, 6) is -1.86. The molecule has 0 radical (unpaired) electrons. The number of carboxylic acid groups (broad SMARTS) is 1. The quantitative estimate of drug-likeness (QED) is 0.489. The second-order valence-electron chi connectivity index (χ2n) is 4.32. The van der Waals surface area contributed by atoms with Crippen LogP contribution in [0.15, 0.2) is 0 Å². The van der Waals surface area contributed by atoms with Gasteiger partial charge in [0, 0.05) is 18.9 Å². The van der Waals surface area contributed by atoms with Crippen LogP contribution >= 0.6 is 0 Å². The highest BCUT2D eigenvalue weighted by Crippen LogP contribution is 2.18. The molecule has 8 nitrogen and oxygen atoms in total. The first kappa shape index (κ1) is 14.9. The molecule has 1 fully saturated rings. The number of hydrogen-bond donors (Lipinski definition) is 4. The van der Waals surface area contributed by atoms with Crippen molar-refractivity contribution in [3.05, 3.63) is 0 Å². The zero-order valence-corrected chi connectivity index (χ0v) is 10.4. The second kappa shape index (κ2) is 7.34. The molecule has 1 saturated carbocycles. The summed E-state index contributed by atoms with van der Waals surface area (Å²) in [6.45, 7) is -0.190. The number of carbonyl (C=O) groups is 4. The van der Waals surface area contributed by atoms with Crippen molar-refractivity contribution in [2.75, 3.05) is 6.54 Å². The molecule has 0 heterocycles. The van der Waals surface area contributed by atoms with E-state index >= 15 is 0 Å². The van der Waals surface area contributed by atoms with Gasteiger partial charge in [-0.1, -0.05) is 0 Å². The third-order valence-electron chi connectivity index (χ3n) is 2.40. The summed E-state index contributed by atoms with van der Waals surface area (Å²) in [6, 6.07) is -0.540. The minimum atomic E-state index is -0.992. The van der Waals surface area contributed by atoms with Crippen LogP contribution in [0.2, 0.25) is 0 Å². The molecule has 0 aliphatic heterocycles. The van der Waals surface area contributed by atoms with Crippen molar-refractivity contribution in [2.45, 2.75) is 38.1 Å². The lowest BCUT2D eigenvalue weighted by Crippen LogP contribution is -2.44. The Morgan fingerprint density at radius 3 is 2.32 bits per heavy atom. The summed E-state index contributed by atoms with van der Waals surface area (Å²) >= 11 is 0. The summed E-state index contributed by atoms with van der Waals surface area (Å²) in [7, 11) is 0. The van der Waals surface area contributed by atoms with Crippen LogP contribution in [0.4, 0.5) is 4.79 Å². The molecule has 0 saturated heterocycles. The highest BCUT2D eigenvalue weighted by Gasteiger charge is 2.23. The van der Waals surface area contributed by atoms with E-state index in [-0.39, 0.29) is 37.8 Å². The van der Waals surface area contributed by atoms with Gasteiger partial charge in [-0.05, 0) is 19.3 Å². The van der Waals surface area contributed by atoms with Gasteiger partial charge in [0.1, 0.15) is 0 Å². The van der Waals surface area contributed by atoms with E-state index in [1.54, 1.807) is 0 Å². The number of imide groups is 1. The molecule has 106 valence electrons. The Bertz CT molecular complexity index is 379. The van der Waals surface area contributed by atoms with Crippen molar-refractivity contribution < 1.29 is 24.3 Å². The Kier molecular flexibility index (Phi) is 5.77. The van der Waals surface area contributed by atoms with E-state index in [4.69, 9.17) is 5.11 Å². The fourth-order valence-corrected chi connectivity index (χ4v) is 1.30. The van der Waals surface area contributed by atoms with Crippen LogP contribution in [0, 0.1) is 0 Å². The number of hydrogen-bond acceptors (Lipinski definition) is 4. The highest BCUT2D eigenvalue weighted by molar-refractivity contribution is 5.95. The largest absolute Gasteiger partial charge is 0.481 e. The van der Waals surface area contributed by atoms with Gasteiger partial charge in [0.05, 0.1) is 6.54 Å². The molecule has 19 heavy (non-hydrogen) atoms. The summed E-state index contributed by atoms with van der Waals surface area (Å²) in [5, 5.41) is 15.3. The maximum atomic E-state index is 11.2. The van der Waals surface area contributed by atoms with Crippen LogP contribution < -0.4 is 16.0 Å². The van der Waals surface area contributed by atoms with Crippen LogP contribution in [0.3, 0.4) is 0 Å². The average Bonchev–Trinajstić information content (AvgIpc) is 3.09. The van der Waals surface area contributed by atoms with Crippen LogP contribution in [0.5, 0.6) is 0 Å². The molecule has 0 unspecified atom stereocenters. The van der Waals surface area contributed by atoms with E-state index < -0.39 is 17.9 Å². The lowest BCUT2D eigenvalue weighted by atomic mass is 10.2. The van der Waals surface area contributed by atoms with Crippen molar-refractivity contribution >= 4 is 23.8 Å². The Balaban J connectivity index is 2.06. The van der Waals surface area contributed by atoms with Gasteiger partial charge in [0.15, 0.2) is 0 Å². The van der Waals surface area contributed by atoms with Gasteiger partial charge >= 0.3 is 12.0 Å². The predicted molar refractivity (Wildman–Crippen MR) is 64.2 cm³/mol. The lowest BCUT2D eigenvalue weighted by Gasteiger charge is -2.06. The first-order chi connectivity index (χ1) is 8.97. The van der Waals surface area contributed by atoms with Gasteiger partial charge in [0.25, 0.3) is 0 Å². The smallest absolute Gasteiger partial charge is 0.321 e. The summed E-state index contributed by atoms with van der Waals surface area (Å²) in [5.41, 5.74) is 0. The fraction of sp³-hybridized carbons (Fsp3) is 0.636. The molecule has 0 aromatic heterocycles. The average molecular weight is 271 g/mol. The van der Waals surface area contributed by atoms with Gasteiger partial charge < -0.3 is 15.7 Å². The molecular weight excluding hydrogens is 254 g/mol. The van der Waals surface area contributed by atoms with E-state index in [2.05, 4.69) is 10.6 Å². The number of carbonyl (C=O) groups excluding carboxylic acids is 3. The maximum Gasteiger partial charge on any atom is 0.321 e. The number of carboxylic acids is 1. The molecule has 1 aliphatic carbocycles. The van der Waals surface area contributed by atoms with E-state index in [0.717, 1.165) is 12.8 Å². The van der Waals surface area contributed by atoms with Gasteiger partial charge in [-0.2, -0.15) is 0 Å². The number of urea groups is 1. The third-order valence-corrected chi connectivity index (χ3v) is 2.40. The number of nitrogens with one attached hydrogen (secondary N) is 3. The summed E-state index contributed by atoms with van der Waals surface area (Å²) < 4.78 is 0. The zero-order valence-electron chi connectivity index (χ0n) is 10.4. The minimum absolute atomic E-state index is 0.0476. The lowest BCUT2D eigenvalue weighted by molar-refractivity contribution is -0.137. The monoisotopic (exact) mass is 271 g/mol. The molecule has 1 rings (SSSR count). The molecule has 0 spiro atoms. The Labute approximate surface area is 109 Å². The van der Waals surface area contributed by atoms with E-state index in [0.29, 0.717) is 0 Å². The van der Waals surface area contributed by atoms with Crippen molar-refractivity contribution in [1.29, 1.82) is 0 Å². The van der Waals surface area contributed by atoms with Crippen LogP contribution in [0.1, 0.15) is 32.1 Å². The van der Waals surface area contributed by atoms with Gasteiger partial charge in [-0.3, -0.25) is 19.7 Å². The minimum Gasteiger partial charge on any atom is -0.481 e. The van der Waals surface area contributed by atoms with Gasteiger partial charge in [0.2, 0.25) is 11.8 Å². The molecule has 1 aliphatic rings. The fourth-order valence-electron chi connectivity index (χ4n) is 1.30. The Hall–Kier alpha value is -2.12. The van der Waals surface area contributed by atoms with Crippen LogP contribution in [-0.4, -0.2) is 41.5 Å². The molecule has 0 aromatic carbocycles. The van der Waals surface area contributed by atoms with E-state index in [1.807, 2.05) is 5.32 Å². The van der Waals surface area contributed by atoms with Gasteiger partial charge in [-0.15, -0.1) is 0 Å². The molecule has 8 heteroatoms. The first-order valence-electron chi connectivity index (χ1n) is 6.06. The molecular formula is C11H17N3O5. The SMILES string of the molecule is O=C(O)CCCC(=O)NC(=O)NCC(=O)NC1CC1. The van der Waals surface area contributed by atoms with Crippen molar-refractivity contribution in [3.8, 4) is 0 Å². The third kappa shape index (κ3) is 7.74. The number of aliphatic carboxylic acids is 1. The first-order valence-corrected chi connectivity index (χ1v) is 6.06. The predicted octanol–water partition coefficient (Wildman–Crippen LogP) is -0.654. The van der Waals surface area contributed by atoms with Crippen LogP contribution in [0.25, 0.3) is 0 Å². The molecule has 4 N–H and O–H groups in total. The zero-order chi connectivity index (χ0) is 14.3. The maximum absolute atomic E-state index is 11.2. The Morgan fingerprint density at radius 1 is 1.05 bits per heavy atom. The normalized spacial score (nSPS) is 13.5. The van der Waals surface area contributed by atoms with E-state index in [9.17, 15) is 19.2 Å². The number of rotatable bonds is 7. The highest BCUT2D eigenvalue weighted by atomic mass is 16.4.